The second-order valence-corrected chi connectivity index (χ2v) is 4.38. The Balaban J connectivity index is 0. The number of aliphatic hydroxyl groups is 1. The number of halogens is 2. The lowest BCUT2D eigenvalue weighted by Crippen LogP contribution is -2.20. The van der Waals surface area contributed by atoms with Gasteiger partial charge in [0.15, 0.2) is 0 Å². The smallest absolute Gasteiger partial charge is 0.105 e. The lowest BCUT2D eigenvalue weighted by Gasteiger charge is -2.19. The summed E-state index contributed by atoms with van der Waals surface area (Å²) >= 11 is 0. The minimum Gasteiger partial charge on any atom is -0.390 e. The van der Waals surface area contributed by atoms with Crippen LogP contribution in [0, 0.1) is 0 Å². The number of rotatable bonds is 4. The summed E-state index contributed by atoms with van der Waals surface area (Å²) < 4.78 is 21.4. The zero-order chi connectivity index (χ0) is 11.1. The van der Waals surface area contributed by atoms with Gasteiger partial charge in [0.1, 0.15) is 5.67 Å². The molecule has 0 atom stereocenters. The molecule has 0 fully saturated rings. The van der Waals surface area contributed by atoms with Crippen LogP contribution in [-0.4, -0.2) is 21.7 Å². The van der Waals surface area contributed by atoms with Gasteiger partial charge in [0.05, 0.1) is 5.60 Å². The third-order valence-electron chi connectivity index (χ3n) is 1.56. The van der Waals surface area contributed by atoms with E-state index < -0.39 is 11.3 Å². The summed E-state index contributed by atoms with van der Waals surface area (Å²) in [6.45, 7) is 6.63. The van der Waals surface area contributed by atoms with Gasteiger partial charge in [-0.05, 0) is 47.0 Å². The maximum Gasteiger partial charge on any atom is 0.105 e. The molecule has 82 valence electrons. The average Bonchev–Trinajstić information content (AvgIpc) is 1.86. The fraction of sp³-hybridized carbons (Fsp3) is 1.00. The average molecular weight is 198 g/mol. The highest BCUT2D eigenvalue weighted by molar-refractivity contribution is 4.70. The molecule has 0 aliphatic rings. The second kappa shape index (κ2) is 6.27. The Morgan fingerprint density at radius 2 is 1.38 bits per heavy atom. The van der Waals surface area contributed by atoms with Gasteiger partial charge in [0, 0.05) is 0 Å². The summed E-state index contributed by atoms with van der Waals surface area (Å²) in [5.74, 6) is 0. The van der Waals surface area contributed by atoms with E-state index in [1.165, 1.54) is 0 Å². The van der Waals surface area contributed by atoms with Crippen molar-refractivity contribution < 1.29 is 19.3 Å². The van der Waals surface area contributed by atoms with Gasteiger partial charge < -0.3 is 5.11 Å². The van der Waals surface area contributed by atoms with E-state index in [-0.39, 0.29) is 0 Å². The first kappa shape index (κ1) is 15.3. The quantitative estimate of drug-likeness (QED) is 0.728. The molecule has 0 aromatic carbocycles. The predicted octanol–water partition coefficient (Wildman–Crippen LogP) is 2.54. The summed E-state index contributed by atoms with van der Waals surface area (Å²) in [6, 6.07) is 0. The molecule has 0 spiro atoms. The van der Waals surface area contributed by atoms with E-state index in [2.05, 4.69) is 0 Å². The zero-order valence-corrected chi connectivity index (χ0v) is 8.77. The first-order valence-corrected chi connectivity index (χ1v) is 4.29. The molecule has 2 nitrogen and oxygen atoms in total. The van der Waals surface area contributed by atoms with E-state index in [1.54, 1.807) is 27.7 Å². The fourth-order valence-corrected chi connectivity index (χ4v) is 0.941. The normalized spacial score (nSPS) is 12.0. The Kier molecular flexibility index (Phi) is 7.36. The molecule has 0 bridgehead atoms. The van der Waals surface area contributed by atoms with Crippen LogP contribution in [0.5, 0.6) is 0 Å². The van der Waals surface area contributed by atoms with Gasteiger partial charge in [-0.3, -0.25) is 0 Å². The molecule has 0 aliphatic heterocycles. The minimum absolute atomic E-state index is 0.525. The number of hydrogen-bond donors (Lipinski definition) is 2. The van der Waals surface area contributed by atoms with Crippen LogP contribution in [-0.2, 0) is 0 Å². The van der Waals surface area contributed by atoms with Crippen molar-refractivity contribution in [2.45, 2.75) is 58.2 Å². The topological polar surface area (TPSA) is 40.5 Å². The highest BCUT2D eigenvalue weighted by Gasteiger charge is 2.18. The molecule has 0 aromatic heterocycles. The molecule has 0 rings (SSSR count). The van der Waals surface area contributed by atoms with Crippen molar-refractivity contribution in [1.82, 2.24) is 0 Å². The molecule has 0 radical (unpaired) electrons. The molecule has 2 N–H and O–H groups in total. The van der Waals surface area contributed by atoms with Crippen LogP contribution in [0.15, 0.2) is 0 Å². The summed E-state index contributed by atoms with van der Waals surface area (Å²) in [4.78, 5) is 0. The van der Waals surface area contributed by atoms with Crippen molar-refractivity contribution in [3.63, 3.8) is 0 Å². The lowest BCUT2D eigenvalue weighted by molar-refractivity contribution is -0.0441. The highest BCUT2D eigenvalue weighted by Crippen LogP contribution is 2.20. The highest BCUT2D eigenvalue weighted by atomic mass is 19.3. The molecule has 0 aromatic rings. The summed E-state index contributed by atoms with van der Waals surface area (Å²) in [6.07, 6.45) is 1.93. The minimum atomic E-state index is -1.09. The maximum atomic E-state index is 12.9. The van der Waals surface area contributed by atoms with E-state index in [0.29, 0.717) is 12.8 Å². The summed E-state index contributed by atoms with van der Waals surface area (Å²) in [5.41, 5.74) is -1.74. The zero-order valence-electron chi connectivity index (χ0n) is 8.77. The Hall–Kier alpha value is -0.220. The van der Waals surface area contributed by atoms with E-state index in [1.807, 2.05) is 0 Å². The lowest BCUT2D eigenvalue weighted by atomic mass is 9.96. The van der Waals surface area contributed by atoms with Crippen LogP contribution in [0.25, 0.3) is 0 Å². The molecule has 4 heteroatoms. The van der Waals surface area contributed by atoms with Crippen LogP contribution in [0.2, 0.25) is 0 Å². The molecule has 0 unspecified atom stereocenters. The van der Waals surface area contributed by atoms with Gasteiger partial charge in [-0.2, -0.15) is 0 Å². The summed E-state index contributed by atoms with van der Waals surface area (Å²) in [5, 5.41) is 14.8. The van der Waals surface area contributed by atoms with Gasteiger partial charge in [-0.1, -0.05) is 4.53 Å². The molecular weight excluding hydrogens is 178 g/mol. The van der Waals surface area contributed by atoms with Crippen LogP contribution in [0.4, 0.5) is 8.92 Å². The van der Waals surface area contributed by atoms with Crippen molar-refractivity contribution >= 4 is 0 Å². The van der Waals surface area contributed by atoms with E-state index in [4.69, 9.17) is 9.84 Å². The largest absolute Gasteiger partial charge is 0.390 e. The van der Waals surface area contributed by atoms with Gasteiger partial charge in [0.2, 0.25) is 0 Å². The first-order valence-electron chi connectivity index (χ1n) is 4.29. The van der Waals surface area contributed by atoms with E-state index in [0.717, 1.165) is 6.42 Å². The van der Waals surface area contributed by atoms with Crippen LogP contribution < -0.4 is 0 Å². The standard InChI is InChI=1S/C9H19FO.FHO/c1-8(2,10)6-5-7-9(3,4)11;1-2/h11H,5-7H2,1-4H3;2H. The second-order valence-electron chi connectivity index (χ2n) is 4.38. The maximum absolute atomic E-state index is 12.9. The monoisotopic (exact) mass is 198 g/mol. The van der Waals surface area contributed by atoms with Crippen LogP contribution in [0.3, 0.4) is 0 Å². The van der Waals surface area contributed by atoms with Gasteiger partial charge >= 0.3 is 0 Å². The van der Waals surface area contributed by atoms with Gasteiger partial charge in [0.25, 0.3) is 0 Å². The molecule has 13 heavy (non-hydrogen) atoms. The van der Waals surface area contributed by atoms with Crippen molar-refractivity contribution in [2.24, 2.45) is 0 Å². The van der Waals surface area contributed by atoms with Crippen LogP contribution >= 0.6 is 0 Å². The Morgan fingerprint density at radius 3 is 1.62 bits per heavy atom. The molecule has 0 aliphatic carbocycles. The number of hydrogen-bond acceptors (Lipinski definition) is 2. The Bertz CT molecular complexity index is 99.8. The Morgan fingerprint density at radius 1 is 1.00 bits per heavy atom. The summed E-state index contributed by atoms with van der Waals surface area (Å²) in [7, 11) is 0. The van der Waals surface area contributed by atoms with E-state index >= 15 is 0 Å². The van der Waals surface area contributed by atoms with Crippen molar-refractivity contribution in [3.05, 3.63) is 0 Å². The Labute approximate surface area is 78.5 Å². The van der Waals surface area contributed by atoms with Gasteiger partial charge in [-0.15, -0.1) is 0 Å². The van der Waals surface area contributed by atoms with Crippen molar-refractivity contribution in [3.8, 4) is 0 Å². The molecule has 0 heterocycles. The molecule has 0 amide bonds. The molecule has 0 saturated heterocycles. The third-order valence-corrected chi connectivity index (χ3v) is 1.56. The molecule has 0 saturated carbocycles. The fourth-order valence-electron chi connectivity index (χ4n) is 0.941. The number of alkyl halides is 1. The van der Waals surface area contributed by atoms with Gasteiger partial charge in [-0.25, -0.2) is 9.70 Å². The van der Waals surface area contributed by atoms with E-state index in [9.17, 15) is 9.50 Å². The SMILES string of the molecule is CC(C)(O)CCCC(C)(C)F.OF. The first-order chi connectivity index (χ1) is 5.71. The van der Waals surface area contributed by atoms with Crippen molar-refractivity contribution in [2.75, 3.05) is 0 Å². The molecular formula is C9H20F2O2. The van der Waals surface area contributed by atoms with Crippen molar-refractivity contribution in [1.29, 1.82) is 0 Å². The van der Waals surface area contributed by atoms with Crippen LogP contribution in [0.1, 0.15) is 47.0 Å². The third kappa shape index (κ3) is 18.6. The predicted molar refractivity (Wildman–Crippen MR) is 48.7 cm³/mol.